The van der Waals surface area contributed by atoms with Crippen LogP contribution in [0.1, 0.15) is 17.7 Å². The molecular formula is C20H18ClNO2. The Kier molecular flexibility index (Phi) is 4.72. The molecule has 0 saturated carbocycles. The molecule has 1 heterocycles. The van der Waals surface area contributed by atoms with Crippen molar-refractivity contribution >= 4 is 17.6 Å². The van der Waals surface area contributed by atoms with E-state index in [9.17, 15) is 4.79 Å². The predicted octanol–water partition coefficient (Wildman–Crippen LogP) is 5.12. The van der Waals surface area contributed by atoms with Gasteiger partial charge in [0.25, 0.3) is 0 Å². The molecule has 0 amide bonds. The molecule has 1 aromatic heterocycles. The van der Waals surface area contributed by atoms with Gasteiger partial charge in [0.1, 0.15) is 0 Å². The average Bonchev–Trinajstić information content (AvgIpc) is 2.97. The zero-order chi connectivity index (χ0) is 17.1. The van der Waals surface area contributed by atoms with E-state index >= 15 is 0 Å². The number of halogens is 1. The molecule has 3 nitrogen and oxygen atoms in total. The van der Waals surface area contributed by atoms with E-state index in [0.29, 0.717) is 11.4 Å². The van der Waals surface area contributed by atoms with Crippen LogP contribution < -0.4 is 0 Å². The first-order valence-corrected chi connectivity index (χ1v) is 8.18. The van der Waals surface area contributed by atoms with Gasteiger partial charge in [-0.15, -0.1) is 0 Å². The fourth-order valence-electron chi connectivity index (χ4n) is 2.83. The van der Waals surface area contributed by atoms with E-state index in [1.165, 1.54) is 0 Å². The minimum atomic E-state index is -0.792. The van der Waals surface area contributed by atoms with E-state index in [-0.39, 0.29) is 6.42 Å². The van der Waals surface area contributed by atoms with Crippen LogP contribution in [0.3, 0.4) is 0 Å². The van der Waals surface area contributed by atoms with Crippen molar-refractivity contribution in [3.8, 4) is 16.9 Å². The molecule has 24 heavy (non-hydrogen) atoms. The maximum absolute atomic E-state index is 11.0. The summed E-state index contributed by atoms with van der Waals surface area (Å²) in [6.45, 7) is 2.05. The first-order chi connectivity index (χ1) is 11.5. The smallest absolute Gasteiger partial charge is 0.303 e. The molecule has 0 radical (unpaired) electrons. The number of aryl methyl sites for hydroxylation is 2. The molecule has 0 bridgehead atoms. The van der Waals surface area contributed by atoms with E-state index in [4.69, 9.17) is 16.7 Å². The Bertz CT molecular complexity index is 866. The second-order valence-corrected chi connectivity index (χ2v) is 6.22. The van der Waals surface area contributed by atoms with Crippen molar-refractivity contribution in [1.82, 2.24) is 4.57 Å². The summed E-state index contributed by atoms with van der Waals surface area (Å²) in [4.78, 5) is 11.0. The molecule has 122 valence electrons. The van der Waals surface area contributed by atoms with Gasteiger partial charge in [-0.1, -0.05) is 35.9 Å². The van der Waals surface area contributed by atoms with Crippen molar-refractivity contribution in [1.29, 1.82) is 0 Å². The number of hydrogen-bond acceptors (Lipinski definition) is 1. The monoisotopic (exact) mass is 339 g/mol. The Balaban J connectivity index is 2.12. The first-order valence-electron chi connectivity index (χ1n) is 7.80. The number of benzene rings is 2. The highest BCUT2D eigenvalue weighted by molar-refractivity contribution is 6.30. The second-order valence-electron chi connectivity index (χ2n) is 5.78. The van der Waals surface area contributed by atoms with E-state index in [0.717, 1.165) is 28.2 Å². The van der Waals surface area contributed by atoms with Crippen LogP contribution in [-0.2, 0) is 11.2 Å². The summed E-state index contributed by atoms with van der Waals surface area (Å²) < 4.78 is 2.12. The van der Waals surface area contributed by atoms with Crippen LogP contribution in [0.5, 0.6) is 0 Å². The lowest BCUT2D eigenvalue weighted by Crippen LogP contribution is -2.05. The van der Waals surface area contributed by atoms with Gasteiger partial charge in [0.15, 0.2) is 0 Å². The Morgan fingerprint density at radius 3 is 2.50 bits per heavy atom. The SMILES string of the molecule is Cc1cccc(-n2c(CCC(=O)O)ccc2-c2ccc(Cl)cc2)c1. The molecule has 0 aliphatic carbocycles. The molecule has 0 unspecified atom stereocenters. The van der Waals surface area contributed by atoms with E-state index in [1.54, 1.807) is 0 Å². The molecule has 3 aromatic rings. The Morgan fingerprint density at radius 2 is 1.83 bits per heavy atom. The molecule has 3 rings (SSSR count). The summed E-state index contributed by atoms with van der Waals surface area (Å²) in [5.41, 5.74) is 5.24. The van der Waals surface area contributed by atoms with Crippen LogP contribution in [0.2, 0.25) is 5.02 Å². The van der Waals surface area contributed by atoms with Crippen molar-refractivity contribution in [2.75, 3.05) is 0 Å². The third kappa shape index (κ3) is 3.52. The zero-order valence-electron chi connectivity index (χ0n) is 13.4. The van der Waals surface area contributed by atoms with Gasteiger partial charge in [0.2, 0.25) is 0 Å². The van der Waals surface area contributed by atoms with Crippen LogP contribution in [-0.4, -0.2) is 15.6 Å². The van der Waals surface area contributed by atoms with Crippen molar-refractivity contribution in [2.45, 2.75) is 19.8 Å². The maximum atomic E-state index is 11.0. The Labute approximate surface area is 146 Å². The highest BCUT2D eigenvalue weighted by atomic mass is 35.5. The van der Waals surface area contributed by atoms with E-state index in [2.05, 4.69) is 10.6 Å². The van der Waals surface area contributed by atoms with Crippen LogP contribution in [0.25, 0.3) is 16.9 Å². The van der Waals surface area contributed by atoms with Gasteiger partial charge in [-0.3, -0.25) is 4.79 Å². The molecule has 4 heteroatoms. The highest BCUT2D eigenvalue weighted by Gasteiger charge is 2.13. The molecular weight excluding hydrogens is 322 g/mol. The summed E-state index contributed by atoms with van der Waals surface area (Å²) in [5, 5.41) is 9.70. The number of carboxylic acid groups (broad SMARTS) is 1. The van der Waals surface area contributed by atoms with E-state index in [1.807, 2.05) is 61.5 Å². The number of nitrogens with zero attached hydrogens (tertiary/aromatic N) is 1. The number of rotatable bonds is 5. The standard InChI is InChI=1S/C20H18ClNO2/c1-14-3-2-4-18(13-14)22-17(10-12-20(23)24)9-11-19(22)15-5-7-16(21)8-6-15/h2-9,11,13H,10,12H2,1H3,(H,23,24). The van der Waals surface area contributed by atoms with Gasteiger partial charge in [-0.05, 0) is 60.9 Å². The summed E-state index contributed by atoms with van der Waals surface area (Å²) in [7, 11) is 0. The highest BCUT2D eigenvalue weighted by Crippen LogP contribution is 2.28. The van der Waals surface area contributed by atoms with Gasteiger partial charge in [-0.25, -0.2) is 0 Å². The summed E-state index contributed by atoms with van der Waals surface area (Å²) in [6, 6.07) is 19.9. The van der Waals surface area contributed by atoms with Crippen LogP contribution in [0, 0.1) is 6.92 Å². The lowest BCUT2D eigenvalue weighted by atomic mass is 10.1. The minimum absolute atomic E-state index is 0.107. The molecule has 0 atom stereocenters. The molecule has 0 aliphatic rings. The molecule has 0 saturated heterocycles. The van der Waals surface area contributed by atoms with Gasteiger partial charge in [0.05, 0.1) is 12.1 Å². The summed E-state index contributed by atoms with van der Waals surface area (Å²) >= 11 is 5.99. The van der Waals surface area contributed by atoms with Gasteiger partial charge < -0.3 is 9.67 Å². The number of hydrogen-bond donors (Lipinski definition) is 1. The number of carbonyl (C=O) groups is 1. The van der Waals surface area contributed by atoms with E-state index < -0.39 is 5.97 Å². The van der Waals surface area contributed by atoms with Crippen molar-refractivity contribution < 1.29 is 9.90 Å². The van der Waals surface area contributed by atoms with Crippen LogP contribution in [0.15, 0.2) is 60.7 Å². The summed E-state index contributed by atoms with van der Waals surface area (Å²) in [6.07, 6.45) is 0.590. The Hall–Kier alpha value is -2.52. The largest absolute Gasteiger partial charge is 0.481 e. The van der Waals surface area contributed by atoms with Crippen LogP contribution >= 0.6 is 11.6 Å². The van der Waals surface area contributed by atoms with Crippen molar-refractivity contribution in [3.05, 3.63) is 76.9 Å². The number of aliphatic carboxylic acids is 1. The normalized spacial score (nSPS) is 10.8. The molecule has 0 fully saturated rings. The van der Waals surface area contributed by atoms with Crippen molar-refractivity contribution in [3.63, 3.8) is 0 Å². The molecule has 2 aromatic carbocycles. The van der Waals surface area contributed by atoms with Crippen LogP contribution in [0.4, 0.5) is 0 Å². The topological polar surface area (TPSA) is 42.2 Å². The van der Waals surface area contributed by atoms with Gasteiger partial charge >= 0.3 is 5.97 Å². The third-order valence-corrected chi connectivity index (χ3v) is 4.21. The van der Waals surface area contributed by atoms with Gasteiger partial charge in [-0.2, -0.15) is 0 Å². The van der Waals surface area contributed by atoms with Gasteiger partial charge in [0, 0.05) is 16.4 Å². The third-order valence-electron chi connectivity index (χ3n) is 3.96. The predicted molar refractivity (Wildman–Crippen MR) is 96.9 cm³/mol. The lowest BCUT2D eigenvalue weighted by molar-refractivity contribution is -0.136. The molecule has 0 aliphatic heterocycles. The molecule has 1 N–H and O–H groups in total. The minimum Gasteiger partial charge on any atom is -0.481 e. The number of carboxylic acids is 1. The molecule has 0 spiro atoms. The maximum Gasteiger partial charge on any atom is 0.303 e. The fourth-order valence-corrected chi connectivity index (χ4v) is 2.95. The Morgan fingerprint density at radius 1 is 1.08 bits per heavy atom. The fraction of sp³-hybridized carbons (Fsp3) is 0.150. The summed E-state index contributed by atoms with van der Waals surface area (Å²) in [5.74, 6) is -0.792. The average molecular weight is 340 g/mol. The quantitative estimate of drug-likeness (QED) is 0.700. The lowest BCUT2D eigenvalue weighted by Gasteiger charge is -2.14. The number of aromatic nitrogens is 1. The van der Waals surface area contributed by atoms with Crippen molar-refractivity contribution in [2.24, 2.45) is 0 Å². The first kappa shape index (κ1) is 16.3. The zero-order valence-corrected chi connectivity index (χ0v) is 14.1. The second kappa shape index (κ2) is 6.93.